The van der Waals surface area contributed by atoms with E-state index in [9.17, 15) is 5.11 Å². The lowest BCUT2D eigenvalue weighted by Crippen LogP contribution is -2.21. The molecule has 68 valence electrons. The van der Waals surface area contributed by atoms with Crippen LogP contribution in [0.4, 0.5) is 0 Å². The normalized spacial score (nSPS) is 14.5. The average molecular weight is 174 g/mol. The number of hydrogen-bond acceptors (Lipinski definition) is 1. The van der Waals surface area contributed by atoms with Crippen molar-refractivity contribution in [2.45, 2.75) is 12.0 Å². The van der Waals surface area contributed by atoms with Crippen molar-refractivity contribution in [3.63, 3.8) is 0 Å². The van der Waals surface area contributed by atoms with Gasteiger partial charge < -0.3 is 5.11 Å². The van der Waals surface area contributed by atoms with Gasteiger partial charge in [-0.3, -0.25) is 0 Å². The van der Waals surface area contributed by atoms with E-state index in [0.29, 0.717) is 6.42 Å². The summed E-state index contributed by atoms with van der Waals surface area (Å²) in [6.45, 7) is 7.24. The molecule has 1 aromatic carbocycles. The van der Waals surface area contributed by atoms with Crippen LogP contribution in [0.5, 0.6) is 0 Å². The number of aliphatic hydroxyl groups is 1. The minimum absolute atomic E-state index is 0.487. The molecule has 0 aliphatic heterocycles. The molecular weight excluding hydrogens is 160 g/mol. The fourth-order valence-electron chi connectivity index (χ4n) is 1.27. The number of rotatable bonds is 4. The van der Waals surface area contributed by atoms with Crippen molar-refractivity contribution in [3.05, 3.63) is 61.2 Å². The number of hydrogen-bond donors (Lipinski definition) is 1. The Kier molecular flexibility index (Phi) is 3.04. The van der Waals surface area contributed by atoms with Crippen molar-refractivity contribution in [2.24, 2.45) is 0 Å². The van der Waals surface area contributed by atoms with Crippen LogP contribution in [0, 0.1) is 0 Å². The lowest BCUT2D eigenvalue weighted by molar-refractivity contribution is 0.0933. The Morgan fingerprint density at radius 3 is 2.31 bits per heavy atom. The highest BCUT2D eigenvalue weighted by molar-refractivity contribution is 5.27. The molecule has 0 spiro atoms. The zero-order chi connectivity index (χ0) is 9.73. The third kappa shape index (κ3) is 2.07. The summed E-state index contributed by atoms with van der Waals surface area (Å²) >= 11 is 0. The molecular formula is C12H14O. The highest BCUT2D eigenvalue weighted by Gasteiger charge is 2.22. The van der Waals surface area contributed by atoms with Crippen LogP contribution in [-0.4, -0.2) is 5.11 Å². The van der Waals surface area contributed by atoms with Gasteiger partial charge in [0, 0.05) is 6.42 Å². The van der Waals surface area contributed by atoms with Gasteiger partial charge in [0.15, 0.2) is 0 Å². The van der Waals surface area contributed by atoms with Gasteiger partial charge in [-0.2, -0.15) is 0 Å². The Balaban J connectivity index is 3.02. The standard InChI is InChI=1S/C12H14O/c1-3-10-12(13,4-2)11-8-6-5-7-9-11/h3-9,13H,1-2,10H2. The highest BCUT2D eigenvalue weighted by Crippen LogP contribution is 2.25. The molecule has 1 N–H and O–H groups in total. The molecule has 0 aromatic heterocycles. The molecule has 1 aromatic rings. The van der Waals surface area contributed by atoms with Gasteiger partial charge in [-0.25, -0.2) is 0 Å². The summed E-state index contributed by atoms with van der Waals surface area (Å²) in [4.78, 5) is 0. The molecule has 0 bridgehead atoms. The summed E-state index contributed by atoms with van der Waals surface area (Å²) in [6, 6.07) is 9.47. The maximum atomic E-state index is 10.1. The molecule has 0 saturated heterocycles. The van der Waals surface area contributed by atoms with Gasteiger partial charge in [-0.1, -0.05) is 49.1 Å². The lowest BCUT2D eigenvalue weighted by atomic mass is 9.91. The summed E-state index contributed by atoms with van der Waals surface area (Å²) in [7, 11) is 0. The van der Waals surface area contributed by atoms with E-state index in [-0.39, 0.29) is 0 Å². The van der Waals surface area contributed by atoms with Crippen LogP contribution >= 0.6 is 0 Å². The molecule has 0 aliphatic rings. The SMILES string of the molecule is C=CCC(O)(C=C)c1ccccc1. The van der Waals surface area contributed by atoms with E-state index >= 15 is 0 Å². The van der Waals surface area contributed by atoms with E-state index in [1.54, 1.807) is 12.2 Å². The van der Waals surface area contributed by atoms with E-state index in [1.807, 2.05) is 30.3 Å². The Morgan fingerprint density at radius 2 is 1.85 bits per heavy atom. The fourth-order valence-corrected chi connectivity index (χ4v) is 1.27. The molecule has 13 heavy (non-hydrogen) atoms. The molecule has 1 nitrogen and oxygen atoms in total. The summed E-state index contributed by atoms with van der Waals surface area (Å²) in [6.07, 6.45) is 3.72. The van der Waals surface area contributed by atoms with Crippen molar-refractivity contribution in [2.75, 3.05) is 0 Å². The summed E-state index contributed by atoms with van der Waals surface area (Å²) in [5.74, 6) is 0. The Hall–Kier alpha value is -1.34. The molecule has 0 amide bonds. The molecule has 1 unspecified atom stereocenters. The van der Waals surface area contributed by atoms with E-state index in [0.717, 1.165) is 5.56 Å². The second-order valence-corrected chi connectivity index (χ2v) is 2.99. The predicted molar refractivity (Wildman–Crippen MR) is 55.3 cm³/mol. The molecule has 1 heteroatoms. The van der Waals surface area contributed by atoms with Crippen molar-refractivity contribution >= 4 is 0 Å². The zero-order valence-corrected chi connectivity index (χ0v) is 7.61. The van der Waals surface area contributed by atoms with Gasteiger partial charge in [-0.05, 0) is 5.56 Å². The molecule has 0 saturated carbocycles. The van der Waals surface area contributed by atoms with Crippen LogP contribution in [0.1, 0.15) is 12.0 Å². The Morgan fingerprint density at radius 1 is 1.23 bits per heavy atom. The van der Waals surface area contributed by atoms with Gasteiger partial charge in [0.25, 0.3) is 0 Å². The Bertz CT molecular complexity index is 289. The van der Waals surface area contributed by atoms with Crippen LogP contribution in [0.2, 0.25) is 0 Å². The topological polar surface area (TPSA) is 20.2 Å². The summed E-state index contributed by atoms with van der Waals surface area (Å²) < 4.78 is 0. The largest absolute Gasteiger partial charge is 0.381 e. The van der Waals surface area contributed by atoms with Gasteiger partial charge in [0.1, 0.15) is 5.60 Å². The average Bonchev–Trinajstić information content (AvgIpc) is 2.19. The van der Waals surface area contributed by atoms with E-state index in [4.69, 9.17) is 0 Å². The smallest absolute Gasteiger partial charge is 0.111 e. The second-order valence-electron chi connectivity index (χ2n) is 2.99. The van der Waals surface area contributed by atoms with Gasteiger partial charge in [-0.15, -0.1) is 6.58 Å². The summed E-state index contributed by atoms with van der Waals surface area (Å²) in [5, 5.41) is 10.1. The quantitative estimate of drug-likeness (QED) is 0.696. The zero-order valence-electron chi connectivity index (χ0n) is 7.61. The van der Waals surface area contributed by atoms with Crippen LogP contribution in [0.3, 0.4) is 0 Å². The molecule has 0 aliphatic carbocycles. The first-order valence-corrected chi connectivity index (χ1v) is 4.25. The predicted octanol–water partition coefficient (Wildman–Crippen LogP) is 2.64. The molecule has 0 radical (unpaired) electrons. The monoisotopic (exact) mass is 174 g/mol. The van der Waals surface area contributed by atoms with Crippen molar-refractivity contribution < 1.29 is 5.11 Å². The van der Waals surface area contributed by atoms with Crippen molar-refractivity contribution in [1.82, 2.24) is 0 Å². The maximum absolute atomic E-state index is 10.1. The van der Waals surface area contributed by atoms with E-state index in [2.05, 4.69) is 13.2 Å². The minimum Gasteiger partial charge on any atom is -0.381 e. The lowest BCUT2D eigenvalue weighted by Gasteiger charge is -2.22. The van der Waals surface area contributed by atoms with Gasteiger partial charge >= 0.3 is 0 Å². The maximum Gasteiger partial charge on any atom is 0.111 e. The van der Waals surface area contributed by atoms with Crippen LogP contribution in [0.25, 0.3) is 0 Å². The Labute approximate surface area is 79.0 Å². The van der Waals surface area contributed by atoms with E-state index in [1.165, 1.54) is 0 Å². The molecule has 0 heterocycles. The first-order chi connectivity index (χ1) is 6.23. The molecule has 1 atom stereocenters. The highest BCUT2D eigenvalue weighted by atomic mass is 16.3. The summed E-state index contributed by atoms with van der Waals surface area (Å²) in [5.41, 5.74) is -0.117. The number of benzene rings is 1. The third-order valence-corrected chi connectivity index (χ3v) is 2.07. The third-order valence-electron chi connectivity index (χ3n) is 2.07. The minimum atomic E-state index is -0.969. The first kappa shape index (κ1) is 9.75. The van der Waals surface area contributed by atoms with Crippen LogP contribution < -0.4 is 0 Å². The van der Waals surface area contributed by atoms with E-state index < -0.39 is 5.60 Å². The molecule has 1 rings (SSSR count). The van der Waals surface area contributed by atoms with Crippen LogP contribution in [0.15, 0.2) is 55.6 Å². The van der Waals surface area contributed by atoms with Crippen molar-refractivity contribution in [1.29, 1.82) is 0 Å². The second kappa shape index (κ2) is 4.06. The first-order valence-electron chi connectivity index (χ1n) is 4.25. The van der Waals surface area contributed by atoms with Crippen molar-refractivity contribution in [3.8, 4) is 0 Å². The van der Waals surface area contributed by atoms with Gasteiger partial charge in [0.05, 0.1) is 0 Å². The van der Waals surface area contributed by atoms with Gasteiger partial charge in [0.2, 0.25) is 0 Å². The fraction of sp³-hybridized carbons (Fsp3) is 0.167. The molecule has 0 fully saturated rings. The van der Waals surface area contributed by atoms with Crippen LogP contribution in [-0.2, 0) is 5.60 Å².